The van der Waals surface area contributed by atoms with Crippen LogP contribution in [-0.4, -0.2) is 60.5 Å². The number of piperazine rings is 1. The lowest BCUT2D eigenvalue weighted by Gasteiger charge is -2.35. The van der Waals surface area contributed by atoms with Crippen LogP contribution in [0.15, 0.2) is 54.7 Å². The minimum atomic E-state index is -1.49. The molecule has 3 aromatic rings. The smallest absolute Gasteiger partial charge is 0.478 e. The van der Waals surface area contributed by atoms with Crippen LogP contribution in [0.5, 0.6) is 5.88 Å². The van der Waals surface area contributed by atoms with E-state index in [1.165, 1.54) is 12.1 Å². The Hall–Kier alpha value is -4.73. The number of nitrogens with one attached hydrogen (secondary N) is 2. The first-order valence-corrected chi connectivity index (χ1v) is 14.4. The molecule has 5 rings (SSSR count). The van der Waals surface area contributed by atoms with Gasteiger partial charge in [-0.05, 0) is 69.7 Å². The van der Waals surface area contributed by atoms with Crippen LogP contribution in [0.3, 0.4) is 0 Å². The predicted octanol–water partition coefficient (Wildman–Crippen LogP) is 4.47. The molecule has 0 radical (unpaired) electrons. The SMILES string of the molecule is CCOc1ncccc1C1(NCc2ccc(N3CCN(OC(=O)OC(C)(C)C)CC3)cc2)C(=O)Nc2cc(F)c(C#N)cc21. The number of carbonyl (C=O) groups excluding carboxylic acids is 2. The number of anilines is 2. The molecule has 1 unspecified atom stereocenters. The number of ether oxygens (including phenoxy) is 2. The zero-order chi connectivity index (χ0) is 31.5. The molecule has 2 aliphatic rings. The average Bonchev–Trinajstić information content (AvgIpc) is 3.26. The number of halogens is 1. The van der Waals surface area contributed by atoms with Gasteiger partial charge in [-0.15, -0.1) is 5.06 Å². The highest BCUT2D eigenvalue weighted by Crippen LogP contribution is 2.44. The van der Waals surface area contributed by atoms with Crippen LogP contribution in [-0.2, 0) is 26.5 Å². The number of hydroxylamine groups is 2. The van der Waals surface area contributed by atoms with Crippen molar-refractivity contribution in [2.24, 2.45) is 0 Å². The summed E-state index contributed by atoms with van der Waals surface area (Å²) >= 11 is 0. The fraction of sp³-hybridized carbons (Fsp3) is 0.375. The van der Waals surface area contributed by atoms with Crippen LogP contribution in [0.25, 0.3) is 0 Å². The van der Waals surface area contributed by atoms with Gasteiger partial charge in [0, 0.05) is 48.3 Å². The lowest BCUT2D eigenvalue weighted by Crippen LogP contribution is -2.49. The summed E-state index contributed by atoms with van der Waals surface area (Å²) in [5.41, 5.74) is 0.756. The Morgan fingerprint density at radius 2 is 1.86 bits per heavy atom. The fourth-order valence-corrected chi connectivity index (χ4v) is 5.35. The first-order chi connectivity index (χ1) is 21.0. The van der Waals surface area contributed by atoms with Crippen LogP contribution >= 0.6 is 0 Å². The Balaban J connectivity index is 1.34. The molecule has 0 saturated carbocycles. The van der Waals surface area contributed by atoms with Crippen molar-refractivity contribution in [1.29, 1.82) is 5.26 Å². The maximum Gasteiger partial charge on any atom is 0.528 e. The van der Waals surface area contributed by atoms with E-state index in [9.17, 15) is 19.2 Å². The first-order valence-electron chi connectivity index (χ1n) is 14.4. The largest absolute Gasteiger partial charge is 0.528 e. The van der Waals surface area contributed by atoms with Crippen molar-refractivity contribution in [3.05, 3.63) is 82.8 Å². The Morgan fingerprint density at radius 1 is 1.14 bits per heavy atom. The Bertz CT molecular complexity index is 1580. The highest BCUT2D eigenvalue weighted by Gasteiger charge is 2.50. The number of hydrogen-bond donors (Lipinski definition) is 2. The minimum Gasteiger partial charge on any atom is -0.478 e. The summed E-state index contributed by atoms with van der Waals surface area (Å²) in [4.78, 5) is 37.6. The number of nitrogens with zero attached hydrogens (tertiary/aromatic N) is 4. The van der Waals surface area contributed by atoms with E-state index in [1.54, 1.807) is 44.2 Å². The van der Waals surface area contributed by atoms with Crippen LogP contribution in [0.1, 0.15) is 49.9 Å². The maximum atomic E-state index is 14.5. The van der Waals surface area contributed by atoms with E-state index in [4.69, 9.17) is 14.3 Å². The molecule has 2 aromatic carbocycles. The molecule has 0 aliphatic carbocycles. The molecule has 1 atom stereocenters. The molecule has 44 heavy (non-hydrogen) atoms. The monoisotopic (exact) mass is 602 g/mol. The van der Waals surface area contributed by atoms with Gasteiger partial charge in [-0.25, -0.2) is 14.2 Å². The molecule has 230 valence electrons. The second-order valence-electron chi connectivity index (χ2n) is 11.5. The Kier molecular flexibility index (Phi) is 8.71. The molecule has 12 heteroatoms. The molecule has 0 spiro atoms. The Morgan fingerprint density at radius 3 is 2.52 bits per heavy atom. The molecule has 11 nitrogen and oxygen atoms in total. The molecule has 1 fully saturated rings. The number of pyridine rings is 1. The number of carbonyl (C=O) groups is 2. The minimum absolute atomic E-state index is 0.172. The quantitative estimate of drug-likeness (QED) is 0.357. The average molecular weight is 603 g/mol. The number of amides is 1. The van der Waals surface area contributed by atoms with Crippen LogP contribution in [0, 0.1) is 17.1 Å². The summed E-state index contributed by atoms with van der Waals surface area (Å²) in [6.07, 6.45) is 0.858. The third-order valence-corrected chi connectivity index (χ3v) is 7.37. The lowest BCUT2D eigenvalue weighted by atomic mass is 9.83. The van der Waals surface area contributed by atoms with E-state index in [1.807, 2.05) is 37.3 Å². The van der Waals surface area contributed by atoms with Crippen molar-refractivity contribution >= 4 is 23.4 Å². The Labute approximate surface area is 255 Å². The van der Waals surface area contributed by atoms with Gasteiger partial charge in [-0.1, -0.05) is 12.1 Å². The van der Waals surface area contributed by atoms with Gasteiger partial charge in [0.05, 0.1) is 25.3 Å². The van der Waals surface area contributed by atoms with Crippen molar-refractivity contribution in [3.8, 4) is 11.9 Å². The van der Waals surface area contributed by atoms with Crippen molar-refractivity contribution in [2.75, 3.05) is 43.0 Å². The van der Waals surface area contributed by atoms with Crippen LogP contribution < -0.4 is 20.3 Å². The standard InChI is InChI=1S/C32H35FN6O5/c1-5-42-28-24(7-6-12-35-28)32(25-17-22(19-34)26(33)18-27(25)37-29(32)40)36-20-21-8-10-23(11-9-21)38-13-15-39(16-14-38)44-30(41)43-31(2,3)4/h6-12,17-18,36H,5,13-16,20H2,1-4H3,(H,37,40). The van der Waals surface area contributed by atoms with Crippen molar-refractivity contribution in [1.82, 2.24) is 15.4 Å². The molecule has 1 aromatic heterocycles. The van der Waals surface area contributed by atoms with Crippen molar-refractivity contribution in [3.63, 3.8) is 0 Å². The summed E-state index contributed by atoms with van der Waals surface area (Å²) in [5.74, 6) is -0.885. The van der Waals surface area contributed by atoms with Gasteiger partial charge in [-0.3, -0.25) is 10.1 Å². The van der Waals surface area contributed by atoms with E-state index >= 15 is 0 Å². The number of hydrogen-bond acceptors (Lipinski definition) is 10. The van der Waals surface area contributed by atoms with Gasteiger partial charge in [-0.2, -0.15) is 5.26 Å². The van der Waals surface area contributed by atoms with Crippen molar-refractivity contribution < 1.29 is 28.3 Å². The van der Waals surface area contributed by atoms with Gasteiger partial charge >= 0.3 is 6.16 Å². The molecule has 1 amide bonds. The highest BCUT2D eigenvalue weighted by molar-refractivity contribution is 6.08. The van der Waals surface area contributed by atoms with Gasteiger partial charge in [0.25, 0.3) is 5.91 Å². The second kappa shape index (κ2) is 12.5. The summed E-state index contributed by atoms with van der Waals surface area (Å²) in [5, 5.41) is 17.3. The molecule has 3 heterocycles. The molecular formula is C32H35FN6O5. The zero-order valence-electron chi connectivity index (χ0n) is 25.1. The molecule has 2 aliphatic heterocycles. The van der Waals surface area contributed by atoms with Gasteiger partial charge in [0.15, 0.2) is 5.54 Å². The number of aromatic nitrogens is 1. The normalized spacial score (nSPS) is 18.3. The number of fused-ring (bicyclic) bond motifs is 1. The molecule has 0 bridgehead atoms. The molecule has 2 N–H and O–H groups in total. The third kappa shape index (κ3) is 6.29. The van der Waals surface area contributed by atoms with Crippen molar-refractivity contribution in [2.45, 2.75) is 45.4 Å². The zero-order valence-corrected chi connectivity index (χ0v) is 25.1. The number of nitriles is 1. The van der Waals surface area contributed by atoms with Crippen LogP contribution in [0.4, 0.5) is 20.6 Å². The summed E-state index contributed by atoms with van der Waals surface area (Å²) in [7, 11) is 0. The molecular weight excluding hydrogens is 567 g/mol. The first kappa shape index (κ1) is 30.7. The highest BCUT2D eigenvalue weighted by atomic mass is 19.1. The van der Waals surface area contributed by atoms with E-state index in [0.717, 1.165) is 11.3 Å². The summed E-state index contributed by atoms with van der Waals surface area (Å²) in [6.45, 7) is 10.1. The number of rotatable bonds is 8. The van der Waals surface area contributed by atoms with E-state index < -0.39 is 29.0 Å². The van der Waals surface area contributed by atoms with Gasteiger partial charge < -0.3 is 24.5 Å². The maximum absolute atomic E-state index is 14.5. The number of benzene rings is 2. The van der Waals surface area contributed by atoms with Gasteiger partial charge in [0.1, 0.15) is 17.5 Å². The predicted molar refractivity (Wildman–Crippen MR) is 160 cm³/mol. The van der Waals surface area contributed by atoms with Crippen LogP contribution in [0.2, 0.25) is 0 Å². The molecule has 1 saturated heterocycles. The van der Waals surface area contributed by atoms with E-state index in [2.05, 4.69) is 20.5 Å². The third-order valence-electron chi connectivity index (χ3n) is 7.37. The van der Waals surface area contributed by atoms with E-state index in [-0.39, 0.29) is 23.7 Å². The lowest BCUT2D eigenvalue weighted by molar-refractivity contribution is -0.144. The van der Waals surface area contributed by atoms with Gasteiger partial charge in [0.2, 0.25) is 5.88 Å². The second-order valence-corrected chi connectivity index (χ2v) is 11.5. The summed E-state index contributed by atoms with van der Waals surface area (Å²) in [6, 6.07) is 15.8. The topological polar surface area (TPSA) is 129 Å². The summed E-state index contributed by atoms with van der Waals surface area (Å²) < 4.78 is 25.6. The van der Waals surface area contributed by atoms with E-state index in [0.29, 0.717) is 43.9 Å². The fourth-order valence-electron chi connectivity index (χ4n) is 5.35.